The Morgan fingerprint density at radius 1 is 1.21 bits per heavy atom. The molecule has 2 aromatic carbocycles. The van der Waals surface area contributed by atoms with Crippen molar-refractivity contribution in [2.24, 2.45) is 5.73 Å². The molecule has 1 aromatic heterocycles. The maximum Gasteiger partial charge on any atom is 0.255 e. The molecule has 0 radical (unpaired) electrons. The lowest BCUT2D eigenvalue weighted by Gasteiger charge is -2.15. The Kier molecular flexibility index (Phi) is 4.71. The van der Waals surface area contributed by atoms with Gasteiger partial charge in [-0.3, -0.25) is 14.4 Å². The van der Waals surface area contributed by atoms with Crippen LogP contribution in [0.1, 0.15) is 39.5 Å². The third-order valence-corrected chi connectivity index (χ3v) is 5.22. The van der Waals surface area contributed by atoms with Gasteiger partial charge in [-0.05, 0) is 47.6 Å². The van der Waals surface area contributed by atoms with Crippen molar-refractivity contribution in [3.8, 4) is 0 Å². The number of fused-ring (bicyclic) bond motifs is 2. The standard InChI is InChI=1S/C21H17F2N3O3/c22-15-8-14-11(4-5-16(14)26-17(27)9-24)19(23)18(15)20(28)12-2-1-3-13-10(12)6-7-25-21(13)29/h1-3,6-8,16H,4-5,9,24H2,(H,25,29)(H,26,27). The number of aromatic amines is 1. The van der Waals surface area contributed by atoms with Gasteiger partial charge in [0.15, 0.2) is 5.78 Å². The highest BCUT2D eigenvalue weighted by atomic mass is 19.1. The molecule has 8 heteroatoms. The molecule has 29 heavy (non-hydrogen) atoms. The number of rotatable bonds is 4. The molecule has 0 saturated heterocycles. The van der Waals surface area contributed by atoms with Crippen LogP contribution >= 0.6 is 0 Å². The summed E-state index contributed by atoms with van der Waals surface area (Å²) in [6.45, 7) is -0.229. The summed E-state index contributed by atoms with van der Waals surface area (Å²) >= 11 is 0. The molecule has 1 atom stereocenters. The van der Waals surface area contributed by atoms with Crippen molar-refractivity contribution in [2.45, 2.75) is 18.9 Å². The van der Waals surface area contributed by atoms with Crippen LogP contribution in [0.2, 0.25) is 0 Å². The number of carbonyl (C=O) groups is 2. The third-order valence-electron chi connectivity index (χ3n) is 5.22. The van der Waals surface area contributed by atoms with Crippen LogP contribution in [0.15, 0.2) is 41.3 Å². The van der Waals surface area contributed by atoms with Crippen LogP contribution in [-0.2, 0) is 11.2 Å². The molecule has 4 rings (SSSR count). The van der Waals surface area contributed by atoms with Crippen LogP contribution in [0.5, 0.6) is 0 Å². The Bertz CT molecular complexity index is 1220. The Hall–Kier alpha value is -3.39. The van der Waals surface area contributed by atoms with Gasteiger partial charge in [0.05, 0.1) is 18.2 Å². The van der Waals surface area contributed by atoms with Gasteiger partial charge in [0.2, 0.25) is 5.91 Å². The number of ketones is 1. The van der Waals surface area contributed by atoms with Gasteiger partial charge in [-0.15, -0.1) is 0 Å². The zero-order valence-corrected chi connectivity index (χ0v) is 15.2. The van der Waals surface area contributed by atoms with Gasteiger partial charge >= 0.3 is 0 Å². The van der Waals surface area contributed by atoms with E-state index >= 15 is 4.39 Å². The molecule has 0 saturated carbocycles. The summed E-state index contributed by atoms with van der Waals surface area (Å²) in [6, 6.07) is 6.52. The van der Waals surface area contributed by atoms with E-state index in [2.05, 4.69) is 10.3 Å². The monoisotopic (exact) mass is 397 g/mol. The smallest absolute Gasteiger partial charge is 0.255 e. The minimum absolute atomic E-state index is 0.0392. The Morgan fingerprint density at radius 2 is 2.00 bits per heavy atom. The van der Waals surface area contributed by atoms with Gasteiger partial charge < -0.3 is 16.0 Å². The van der Waals surface area contributed by atoms with Crippen LogP contribution in [0.4, 0.5) is 8.78 Å². The highest BCUT2D eigenvalue weighted by molar-refractivity contribution is 6.16. The number of benzene rings is 2. The molecule has 1 unspecified atom stereocenters. The van der Waals surface area contributed by atoms with E-state index in [4.69, 9.17) is 5.73 Å². The second kappa shape index (κ2) is 7.21. The van der Waals surface area contributed by atoms with Crippen LogP contribution in [-0.4, -0.2) is 23.2 Å². The second-order valence-electron chi connectivity index (χ2n) is 6.88. The second-order valence-corrected chi connectivity index (χ2v) is 6.88. The largest absolute Gasteiger partial charge is 0.348 e. The van der Waals surface area contributed by atoms with Crippen LogP contribution in [0, 0.1) is 11.6 Å². The molecular weight excluding hydrogens is 380 g/mol. The number of nitrogens with one attached hydrogen (secondary N) is 2. The van der Waals surface area contributed by atoms with E-state index in [9.17, 15) is 18.8 Å². The van der Waals surface area contributed by atoms with Gasteiger partial charge in [-0.1, -0.05) is 12.1 Å². The topological polar surface area (TPSA) is 105 Å². The molecule has 0 spiro atoms. The lowest BCUT2D eigenvalue weighted by atomic mass is 9.94. The maximum absolute atomic E-state index is 15.2. The van der Waals surface area contributed by atoms with Gasteiger partial charge in [0, 0.05) is 17.1 Å². The molecule has 3 aromatic rings. The average Bonchev–Trinajstić information content (AvgIpc) is 3.10. The first kappa shape index (κ1) is 18.9. The number of pyridine rings is 1. The molecular formula is C21H17F2N3O3. The fourth-order valence-electron chi connectivity index (χ4n) is 3.85. The van der Waals surface area contributed by atoms with E-state index in [1.807, 2.05) is 0 Å². The molecule has 1 amide bonds. The Balaban J connectivity index is 1.82. The quantitative estimate of drug-likeness (QED) is 0.587. The first-order chi connectivity index (χ1) is 13.9. The third kappa shape index (κ3) is 3.11. The summed E-state index contributed by atoms with van der Waals surface area (Å²) in [6.07, 6.45) is 2.02. The van der Waals surface area contributed by atoms with Gasteiger partial charge in [0.1, 0.15) is 11.6 Å². The highest BCUT2D eigenvalue weighted by Gasteiger charge is 2.32. The Morgan fingerprint density at radius 3 is 2.76 bits per heavy atom. The number of hydrogen-bond acceptors (Lipinski definition) is 4. The normalized spacial score (nSPS) is 15.3. The fourth-order valence-corrected chi connectivity index (χ4v) is 3.85. The van der Waals surface area contributed by atoms with Crippen LogP contribution < -0.4 is 16.6 Å². The molecule has 0 bridgehead atoms. The van der Waals surface area contributed by atoms with Crippen molar-refractivity contribution >= 4 is 22.5 Å². The molecule has 0 fully saturated rings. The molecule has 148 valence electrons. The number of hydrogen-bond donors (Lipinski definition) is 3. The lowest BCUT2D eigenvalue weighted by molar-refractivity contribution is -0.120. The minimum Gasteiger partial charge on any atom is -0.348 e. The average molecular weight is 397 g/mol. The van der Waals surface area contributed by atoms with E-state index in [-0.39, 0.29) is 29.5 Å². The van der Waals surface area contributed by atoms with Crippen molar-refractivity contribution in [1.29, 1.82) is 0 Å². The fraction of sp³-hybridized carbons (Fsp3) is 0.190. The summed E-state index contributed by atoms with van der Waals surface area (Å²) in [5, 5.41) is 3.20. The van der Waals surface area contributed by atoms with E-state index < -0.39 is 40.5 Å². The summed E-state index contributed by atoms with van der Waals surface area (Å²) in [5.74, 6) is -3.21. The Labute approximate surface area is 163 Å². The molecule has 1 aliphatic carbocycles. The maximum atomic E-state index is 15.2. The van der Waals surface area contributed by atoms with E-state index in [1.165, 1.54) is 30.5 Å². The number of halogens is 2. The van der Waals surface area contributed by atoms with Crippen molar-refractivity contribution in [3.63, 3.8) is 0 Å². The van der Waals surface area contributed by atoms with E-state index in [0.29, 0.717) is 17.4 Å². The molecule has 1 heterocycles. The summed E-state index contributed by atoms with van der Waals surface area (Å²) < 4.78 is 30.0. The molecule has 6 nitrogen and oxygen atoms in total. The molecule has 0 aliphatic heterocycles. The van der Waals surface area contributed by atoms with Gasteiger partial charge in [-0.25, -0.2) is 8.78 Å². The first-order valence-electron chi connectivity index (χ1n) is 9.07. The van der Waals surface area contributed by atoms with Gasteiger partial charge in [0.25, 0.3) is 5.56 Å². The van der Waals surface area contributed by atoms with E-state index in [1.54, 1.807) is 0 Å². The predicted octanol–water partition coefficient (Wildman–Crippen LogP) is 2.10. The van der Waals surface area contributed by atoms with Crippen molar-refractivity contribution in [3.05, 3.63) is 80.8 Å². The lowest BCUT2D eigenvalue weighted by Crippen LogP contribution is -2.32. The first-order valence-corrected chi connectivity index (χ1v) is 9.07. The zero-order chi connectivity index (χ0) is 20.7. The SMILES string of the molecule is NCC(=O)NC1CCc2c1cc(F)c(C(=O)c1cccc3c(=O)[nH]ccc13)c2F. The van der Waals surface area contributed by atoms with Crippen molar-refractivity contribution in [2.75, 3.05) is 6.54 Å². The summed E-state index contributed by atoms with van der Waals surface area (Å²) in [4.78, 5) is 39.1. The van der Waals surface area contributed by atoms with Crippen LogP contribution in [0.25, 0.3) is 10.8 Å². The van der Waals surface area contributed by atoms with Gasteiger partial charge in [-0.2, -0.15) is 0 Å². The number of amides is 1. The summed E-state index contributed by atoms with van der Waals surface area (Å²) in [5.41, 5.74) is 4.78. The number of carbonyl (C=O) groups excluding carboxylic acids is 2. The minimum atomic E-state index is -1.01. The molecule has 1 aliphatic rings. The highest BCUT2D eigenvalue weighted by Crippen LogP contribution is 2.36. The number of nitrogens with two attached hydrogens (primary N) is 1. The summed E-state index contributed by atoms with van der Waals surface area (Å²) in [7, 11) is 0. The van der Waals surface area contributed by atoms with Crippen molar-refractivity contribution in [1.82, 2.24) is 10.3 Å². The van der Waals surface area contributed by atoms with E-state index in [0.717, 1.165) is 6.07 Å². The zero-order valence-electron chi connectivity index (χ0n) is 15.2. The molecule has 4 N–H and O–H groups in total. The number of aromatic nitrogens is 1. The predicted molar refractivity (Wildman–Crippen MR) is 103 cm³/mol. The number of H-pyrrole nitrogens is 1. The van der Waals surface area contributed by atoms with Crippen molar-refractivity contribution < 1.29 is 18.4 Å². The van der Waals surface area contributed by atoms with Crippen LogP contribution in [0.3, 0.4) is 0 Å².